The Hall–Kier alpha value is -2.79. The minimum Gasteiger partial charge on any atom is -0.316 e. The standard InChI is InChI=1S/C24H25N3OS/c1-2-3-6-17-8-10-18(11-9-17)12-13-19-15-20-23(21-7-4-5-14-25-21)26-16-22(28)27-24(20)29-19/h4-5,7-11,14-15H,2-3,6,12-13,16H2,1H3,(H,27,28). The smallest absolute Gasteiger partial charge is 0.246 e. The number of benzene rings is 1. The van der Waals surface area contributed by atoms with E-state index in [0.717, 1.165) is 41.2 Å². The molecule has 1 aliphatic rings. The molecule has 1 amide bonds. The summed E-state index contributed by atoms with van der Waals surface area (Å²) in [4.78, 5) is 22.3. The summed E-state index contributed by atoms with van der Waals surface area (Å²) in [6.07, 6.45) is 7.31. The van der Waals surface area contributed by atoms with Crippen LogP contribution in [0.3, 0.4) is 0 Å². The highest BCUT2D eigenvalue weighted by Crippen LogP contribution is 2.32. The van der Waals surface area contributed by atoms with Crippen LogP contribution in [0, 0.1) is 0 Å². The highest BCUT2D eigenvalue weighted by molar-refractivity contribution is 7.16. The number of amides is 1. The first-order valence-corrected chi connectivity index (χ1v) is 11.0. The van der Waals surface area contributed by atoms with E-state index >= 15 is 0 Å². The number of thiophene rings is 1. The number of unbranched alkanes of at least 4 members (excludes halogenated alkanes) is 1. The molecule has 0 saturated heterocycles. The first kappa shape index (κ1) is 19.5. The topological polar surface area (TPSA) is 54.4 Å². The molecule has 3 heterocycles. The number of carbonyl (C=O) groups is 1. The number of carbonyl (C=O) groups excluding carboxylic acids is 1. The first-order valence-electron chi connectivity index (χ1n) is 10.2. The molecule has 2 aromatic heterocycles. The monoisotopic (exact) mass is 403 g/mol. The number of pyridine rings is 1. The third-order valence-corrected chi connectivity index (χ3v) is 6.19. The van der Waals surface area contributed by atoms with Gasteiger partial charge in [0.2, 0.25) is 5.91 Å². The van der Waals surface area contributed by atoms with E-state index in [1.807, 2.05) is 18.2 Å². The van der Waals surface area contributed by atoms with Crippen LogP contribution in [0.4, 0.5) is 5.00 Å². The van der Waals surface area contributed by atoms with Gasteiger partial charge in [-0.25, -0.2) is 0 Å². The van der Waals surface area contributed by atoms with Crippen molar-refractivity contribution in [2.75, 3.05) is 11.9 Å². The lowest BCUT2D eigenvalue weighted by Crippen LogP contribution is -2.12. The van der Waals surface area contributed by atoms with Gasteiger partial charge in [0.25, 0.3) is 0 Å². The summed E-state index contributed by atoms with van der Waals surface area (Å²) >= 11 is 1.64. The second-order valence-corrected chi connectivity index (χ2v) is 8.44. The van der Waals surface area contributed by atoms with Crippen LogP contribution in [-0.2, 0) is 24.1 Å². The van der Waals surface area contributed by atoms with Crippen molar-refractivity contribution in [3.05, 3.63) is 82.0 Å². The number of rotatable bonds is 7. The highest BCUT2D eigenvalue weighted by Gasteiger charge is 2.21. The number of anilines is 1. The van der Waals surface area contributed by atoms with Crippen LogP contribution in [0.1, 0.15) is 47.0 Å². The molecular weight excluding hydrogens is 378 g/mol. The van der Waals surface area contributed by atoms with Gasteiger partial charge in [-0.2, -0.15) is 0 Å². The highest BCUT2D eigenvalue weighted by atomic mass is 32.1. The number of hydrogen-bond acceptors (Lipinski definition) is 4. The molecule has 0 spiro atoms. The summed E-state index contributed by atoms with van der Waals surface area (Å²) in [6.45, 7) is 2.36. The predicted octanol–water partition coefficient (Wildman–Crippen LogP) is 5.06. The lowest BCUT2D eigenvalue weighted by atomic mass is 10.0. The molecule has 1 aliphatic heterocycles. The Balaban J connectivity index is 1.51. The summed E-state index contributed by atoms with van der Waals surface area (Å²) < 4.78 is 0. The van der Waals surface area contributed by atoms with Crippen LogP contribution in [0.5, 0.6) is 0 Å². The van der Waals surface area contributed by atoms with E-state index in [2.05, 4.69) is 52.5 Å². The Kier molecular flexibility index (Phi) is 6.15. The Labute approximate surface area is 175 Å². The molecule has 148 valence electrons. The second-order valence-electron chi connectivity index (χ2n) is 7.30. The fourth-order valence-electron chi connectivity index (χ4n) is 3.48. The van der Waals surface area contributed by atoms with Crippen LogP contribution in [-0.4, -0.2) is 23.1 Å². The quantitative estimate of drug-likeness (QED) is 0.599. The Morgan fingerprint density at radius 3 is 2.55 bits per heavy atom. The lowest BCUT2D eigenvalue weighted by molar-refractivity contribution is -0.114. The maximum atomic E-state index is 12.1. The molecule has 29 heavy (non-hydrogen) atoms. The van der Waals surface area contributed by atoms with Gasteiger partial charge in [-0.15, -0.1) is 11.3 Å². The van der Waals surface area contributed by atoms with Crippen molar-refractivity contribution in [1.29, 1.82) is 0 Å². The van der Waals surface area contributed by atoms with Gasteiger partial charge in [-0.05, 0) is 55.0 Å². The van der Waals surface area contributed by atoms with Crippen LogP contribution >= 0.6 is 11.3 Å². The largest absolute Gasteiger partial charge is 0.316 e. The zero-order valence-electron chi connectivity index (χ0n) is 16.6. The van der Waals surface area contributed by atoms with E-state index in [-0.39, 0.29) is 12.5 Å². The maximum absolute atomic E-state index is 12.1. The maximum Gasteiger partial charge on any atom is 0.246 e. The van der Waals surface area contributed by atoms with Crippen LogP contribution in [0.15, 0.2) is 59.7 Å². The van der Waals surface area contributed by atoms with E-state index in [9.17, 15) is 4.79 Å². The van der Waals surface area contributed by atoms with Crippen LogP contribution in [0.25, 0.3) is 0 Å². The molecule has 4 nitrogen and oxygen atoms in total. The van der Waals surface area contributed by atoms with E-state index in [4.69, 9.17) is 0 Å². The van der Waals surface area contributed by atoms with E-state index in [1.54, 1.807) is 17.5 Å². The van der Waals surface area contributed by atoms with Crippen molar-refractivity contribution in [2.45, 2.75) is 39.0 Å². The third-order valence-electron chi connectivity index (χ3n) is 5.08. The zero-order valence-corrected chi connectivity index (χ0v) is 17.5. The fraction of sp³-hybridized carbons (Fsp3) is 0.292. The average molecular weight is 404 g/mol. The Morgan fingerprint density at radius 2 is 1.83 bits per heavy atom. The van der Waals surface area contributed by atoms with Gasteiger partial charge in [0.1, 0.15) is 11.5 Å². The number of aryl methyl sites for hydroxylation is 3. The molecule has 0 bridgehead atoms. The summed E-state index contributed by atoms with van der Waals surface area (Å²) in [7, 11) is 0. The van der Waals surface area contributed by atoms with Crippen molar-refractivity contribution in [3.63, 3.8) is 0 Å². The number of nitrogens with zero attached hydrogens (tertiary/aromatic N) is 2. The number of aliphatic imine (C=N–C) groups is 1. The molecular formula is C24H25N3OS. The summed E-state index contributed by atoms with van der Waals surface area (Å²) in [5.41, 5.74) is 5.33. The number of nitrogens with one attached hydrogen (secondary N) is 1. The van der Waals surface area contributed by atoms with Crippen LogP contribution < -0.4 is 5.32 Å². The second kappa shape index (κ2) is 9.14. The van der Waals surface area contributed by atoms with Gasteiger partial charge in [-0.3, -0.25) is 14.8 Å². The van der Waals surface area contributed by atoms with Gasteiger partial charge < -0.3 is 5.32 Å². The van der Waals surface area contributed by atoms with E-state index in [1.165, 1.54) is 28.8 Å². The molecule has 0 aliphatic carbocycles. The van der Waals surface area contributed by atoms with E-state index in [0.29, 0.717) is 0 Å². The molecule has 0 atom stereocenters. The molecule has 0 unspecified atom stereocenters. The number of aromatic nitrogens is 1. The van der Waals surface area contributed by atoms with Crippen molar-refractivity contribution >= 4 is 28.0 Å². The predicted molar refractivity (Wildman–Crippen MR) is 120 cm³/mol. The molecule has 0 saturated carbocycles. The molecule has 5 heteroatoms. The van der Waals surface area contributed by atoms with Crippen molar-refractivity contribution < 1.29 is 4.79 Å². The number of fused-ring (bicyclic) bond motifs is 1. The fourth-order valence-corrected chi connectivity index (χ4v) is 4.55. The van der Waals surface area contributed by atoms with Crippen LogP contribution in [0.2, 0.25) is 0 Å². The van der Waals surface area contributed by atoms with Gasteiger partial charge in [-0.1, -0.05) is 43.7 Å². The molecule has 1 N–H and O–H groups in total. The summed E-state index contributed by atoms with van der Waals surface area (Å²) in [6, 6.07) is 16.9. The number of hydrogen-bond donors (Lipinski definition) is 1. The van der Waals surface area contributed by atoms with Crippen molar-refractivity contribution in [2.24, 2.45) is 4.99 Å². The van der Waals surface area contributed by atoms with Gasteiger partial charge in [0.05, 0.1) is 11.4 Å². The van der Waals surface area contributed by atoms with Gasteiger partial charge in [0.15, 0.2) is 0 Å². The molecule has 1 aromatic carbocycles. The van der Waals surface area contributed by atoms with Crippen molar-refractivity contribution in [1.82, 2.24) is 4.98 Å². The first-order chi connectivity index (χ1) is 14.2. The minimum absolute atomic E-state index is 0.0757. The Bertz CT molecular complexity index is 1010. The molecule has 3 aromatic rings. The minimum atomic E-state index is -0.0757. The zero-order chi connectivity index (χ0) is 20.1. The SMILES string of the molecule is CCCCc1ccc(CCc2cc3c(s2)NC(=O)CN=C3c2ccccn2)cc1. The van der Waals surface area contributed by atoms with Gasteiger partial charge in [0, 0.05) is 16.6 Å². The van der Waals surface area contributed by atoms with Gasteiger partial charge >= 0.3 is 0 Å². The Morgan fingerprint density at radius 1 is 1.03 bits per heavy atom. The lowest BCUT2D eigenvalue weighted by Gasteiger charge is -2.04. The summed E-state index contributed by atoms with van der Waals surface area (Å²) in [5.74, 6) is -0.0757. The summed E-state index contributed by atoms with van der Waals surface area (Å²) in [5, 5.41) is 3.88. The normalized spacial score (nSPS) is 13.4. The molecule has 4 rings (SSSR count). The van der Waals surface area contributed by atoms with Crippen molar-refractivity contribution in [3.8, 4) is 0 Å². The van der Waals surface area contributed by atoms with E-state index < -0.39 is 0 Å². The molecule has 0 radical (unpaired) electrons. The third kappa shape index (κ3) is 4.80. The average Bonchev–Trinajstić information content (AvgIpc) is 3.07. The molecule has 0 fully saturated rings.